The molecule has 0 unspecified atom stereocenters. The van der Waals surface area contributed by atoms with Crippen molar-refractivity contribution in [1.82, 2.24) is 9.71 Å². The minimum Gasteiger partial charge on any atom is -0.298 e. The molecule has 6 nitrogen and oxygen atoms in total. The summed E-state index contributed by atoms with van der Waals surface area (Å²) in [6, 6.07) is 10.4. The Morgan fingerprint density at radius 2 is 1.90 bits per heavy atom. The van der Waals surface area contributed by atoms with Gasteiger partial charge in [-0.15, -0.1) is 11.3 Å². The molecule has 2 aromatic carbocycles. The third-order valence-electron chi connectivity index (χ3n) is 4.53. The maximum Gasteiger partial charge on any atom is 0.257 e. The zero-order valence-corrected chi connectivity index (χ0v) is 17.1. The number of anilines is 1. The number of carbonyl (C=O) groups excluding carboxylic acids is 1. The van der Waals surface area contributed by atoms with Crippen LogP contribution < -0.4 is 10.0 Å². The van der Waals surface area contributed by atoms with E-state index < -0.39 is 15.9 Å². The van der Waals surface area contributed by atoms with Crippen LogP contribution in [0.15, 0.2) is 52.7 Å². The topological polar surface area (TPSA) is 88.2 Å². The number of hydrogen-bond donors (Lipinski definition) is 2. The van der Waals surface area contributed by atoms with E-state index in [9.17, 15) is 17.6 Å². The molecule has 0 bridgehead atoms. The van der Waals surface area contributed by atoms with E-state index in [-0.39, 0.29) is 22.3 Å². The highest BCUT2D eigenvalue weighted by Gasteiger charge is 2.28. The van der Waals surface area contributed by atoms with Crippen molar-refractivity contribution in [2.75, 3.05) is 5.32 Å². The zero-order valence-electron chi connectivity index (χ0n) is 15.5. The summed E-state index contributed by atoms with van der Waals surface area (Å²) >= 11 is 1.24. The summed E-state index contributed by atoms with van der Waals surface area (Å²) in [6.07, 6.45) is 1.66. The number of rotatable bonds is 6. The van der Waals surface area contributed by atoms with Gasteiger partial charge in [-0.3, -0.25) is 10.1 Å². The van der Waals surface area contributed by atoms with Crippen molar-refractivity contribution in [1.29, 1.82) is 0 Å². The number of hydrogen-bond acceptors (Lipinski definition) is 5. The number of sulfonamides is 1. The molecule has 0 aliphatic heterocycles. The minimum atomic E-state index is -3.65. The Hall–Kier alpha value is -2.62. The fourth-order valence-electron chi connectivity index (χ4n) is 2.75. The maximum absolute atomic E-state index is 13.1. The van der Waals surface area contributed by atoms with Crippen LogP contribution in [0.3, 0.4) is 0 Å². The molecule has 1 heterocycles. The molecule has 1 aliphatic carbocycles. The minimum absolute atomic E-state index is 0.0150. The van der Waals surface area contributed by atoms with Gasteiger partial charge >= 0.3 is 0 Å². The molecular weight excluding hydrogens is 413 g/mol. The molecule has 9 heteroatoms. The van der Waals surface area contributed by atoms with Gasteiger partial charge < -0.3 is 0 Å². The Bertz CT molecular complexity index is 1170. The standard InChI is InChI=1S/C20H18FN3O3S2/c1-12-2-9-16(29(26,27)24-15-7-8-15)10-17(12)19(25)23-20-22-18(11-28-20)13-3-5-14(21)6-4-13/h2-6,9-11,15,24H,7-8H2,1H3,(H,22,23,25). The molecule has 29 heavy (non-hydrogen) atoms. The first-order valence-corrected chi connectivity index (χ1v) is 11.3. The highest BCUT2D eigenvalue weighted by molar-refractivity contribution is 7.89. The number of halogens is 1. The Morgan fingerprint density at radius 1 is 1.17 bits per heavy atom. The number of nitrogens with zero attached hydrogens (tertiary/aromatic N) is 1. The highest BCUT2D eigenvalue weighted by atomic mass is 32.2. The molecule has 150 valence electrons. The van der Waals surface area contributed by atoms with Gasteiger partial charge in [0.2, 0.25) is 10.0 Å². The molecule has 1 aliphatic rings. The first-order chi connectivity index (χ1) is 13.8. The zero-order chi connectivity index (χ0) is 20.6. The van der Waals surface area contributed by atoms with Crippen LogP contribution in [0, 0.1) is 12.7 Å². The van der Waals surface area contributed by atoms with Crippen molar-refractivity contribution in [2.24, 2.45) is 0 Å². The lowest BCUT2D eigenvalue weighted by Gasteiger charge is -2.10. The molecular formula is C20H18FN3O3S2. The van der Waals surface area contributed by atoms with Gasteiger partial charge in [-0.05, 0) is 61.7 Å². The Morgan fingerprint density at radius 3 is 2.59 bits per heavy atom. The van der Waals surface area contributed by atoms with Crippen LogP contribution in [0.1, 0.15) is 28.8 Å². The molecule has 4 rings (SSSR count). The van der Waals surface area contributed by atoms with Gasteiger partial charge in [-0.2, -0.15) is 0 Å². The fourth-order valence-corrected chi connectivity index (χ4v) is 4.80. The second-order valence-corrected chi connectivity index (χ2v) is 9.44. The van der Waals surface area contributed by atoms with E-state index >= 15 is 0 Å². The van der Waals surface area contributed by atoms with E-state index in [1.54, 1.807) is 30.5 Å². The Balaban J connectivity index is 1.54. The molecule has 0 saturated heterocycles. The average molecular weight is 432 g/mol. The average Bonchev–Trinajstić information content (AvgIpc) is 3.36. The summed E-state index contributed by atoms with van der Waals surface area (Å²) in [4.78, 5) is 17.1. The van der Waals surface area contributed by atoms with Crippen molar-refractivity contribution < 1.29 is 17.6 Å². The first kappa shape index (κ1) is 19.7. The molecule has 1 amide bonds. The summed E-state index contributed by atoms with van der Waals surface area (Å²) in [7, 11) is -3.65. The predicted molar refractivity (Wildman–Crippen MR) is 110 cm³/mol. The lowest BCUT2D eigenvalue weighted by Crippen LogP contribution is -2.26. The number of thiazole rings is 1. The van der Waals surface area contributed by atoms with Crippen molar-refractivity contribution in [3.05, 3.63) is 64.8 Å². The fraction of sp³-hybridized carbons (Fsp3) is 0.200. The van der Waals surface area contributed by atoms with Crippen molar-refractivity contribution in [3.8, 4) is 11.3 Å². The van der Waals surface area contributed by atoms with E-state index in [0.717, 1.165) is 18.4 Å². The van der Waals surface area contributed by atoms with Crippen LogP contribution in [0.5, 0.6) is 0 Å². The number of amides is 1. The van der Waals surface area contributed by atoms with E-state index in [1.165, 1.54) is 35.6 Å². The SMILES string of the molecule is Cc1ccc(S(=O)(=O)NC2CC2)cc1C(=O)Nc1nc(-c2ccc(F)cc2)cs1. The van der Waals surface area contributed by atoms with Gasteiger partial charge in [0.1, 0.15) is 5.82 Å². The van der Waals surface area contributed by atoms with Gasteiger partial charge in [0.05, 0.1) is 10.6 Å². The molecule has 2 N–H and O–H groups in total. The van der Waals surface area contributed by atoms with Gasteiger partial charge in [0.25, 0.3) is 5.91 Å². The van der Waals surface area contributed by atoms with Gasteiger partial charge in [0.15, 0.2) is 5.13 Å². The monoisotopic (exact) mass is 431 g/mol. The second-order valence-electron chi connectivity index (χ2n) is 6.87. The summed E-state index contributed by atoms with van der Waals surface area (Å²) < 4.78 is 40.5. The van der Waals surface area contributed by atoms with Crippen LogP contribution in [-0.2, 0) is 10.0 Å². The predicted octanol–water partition coefficient (Wildman–Crippen LogP) is 3.95. The third-order valence-corrected chi connectivity index (χ3v) is 6.80. The van der Waals surface area contributed by atoms with Crippen LogP contribution in [-0.4, -0.2) is 25.4 Å². The first-order valence-electron chi connectivity index (χ1n) is 8.97. The molecule has 3 aromatic rings. The van der Waals surface area contributed by atoms with E-state index in [0.29, 0.717) is 16.4 Å². The smallest absolute Gasteiger partial charge is 0.257 e. The Kier molecular flexibility index (Phi) is 5.20. The maximum atomic E-state index is 13.1. The lowest BCUT2D eigenvalue weighted by atomic mass is 10.1. The van der Waals surface area contributed by atoms with Crippen molar-refractivity contribution in [3.63, 3.8) is 0 Å². The largest absolute Gasteiger partial charge is 0.298 e. The molecule has 0 radical (unpaired) electrons. The molecule has 1 saturated carbocycles. The van der Waals surface area contributed by atoms with E-state index in [2.05, 4.69) is 15.0 Å². The summed E-state index contributed by atoms with van der Waals surface area (Å²) in [5, 5.41) is 4.84. The normalized spacial score (nSPS) is 14.0. The summed E-state index contributed by atoms with van der Waals surface area (Å²) in [5.41, 5.74) is 2.27. The number of aryl methyl sites for hydroxylation is 1. The highest BCUT2D eigenvalue weighted by Crippen LogP contribution is 2.27. The number of carbonyl (C=O) groups is 1. The third kappa shape index (κ3) is 4.52. The Labute approximate surface area is 171 Å². The van der Waals surface area contributed by atoms with Gasteiger partial charge in [-0.1, -0.05) is 6.07 Å². The quantitative estimate of drug-likeness (QED) is 0.619. The van der Waals surface area contributed by atoms with Crippen LogP contribution in [0.4, 0.5) is 9.52 Å². The second kappa shape index (κ2) is 7.66. The van der Waals surface area contributed by atoms with Crippen LogP contribution in [0.2, 0.25) is 0 Å². The molecule has 1 fully saturated rings. The van der Waals surface area contributed by atoms with Gasteiger partial charge in [-0.25, -0.2) is 22.5 Å². The van der Waals surface area contributed by atoms with Crippen molar-refractivity contribution in [2.45, 2.75) is 30.7 Å². The van der Waals surface area contributed by atoms with E-state index in [4.69, 9.17) is 0 Å². The molecule has 1 aromatic heterocycles. The van der Waals surface area contributed by atoms with Crippen LogP contribution in [0.25, 0.3) is 11.3 Å². The molecule has 0 atom stereocenters. The number of nitrogens with one attached hydrogen (secondary N) is 2. The number of benzene rings is 2. The van der Waals surface area contributed by atoms with Crippen molar-refractivity contribution >= 4 is 32.4 Å². The summed E-state index contributed by atoms with van der Waals surface area (Å²) in [5.74, 6) is -0.773. The van der Waals surface area contributed by atoms with E-state index in [1.807, 2.05) is 0 Å². The van der Waals surface area contributed by atoms with Gasteiger partial charge in [0, 0.05) is 22.5 Å². The molecule has 0 spiro atoms. The summed E-state index contributed by atoms with van der Waals surface area (Å²) in [6.45, 7) is 1.74. The number of aromatic nitrogens is 1. The lowest BCUT2D eigenvalue weighted by molar-refractivity contribution is 0.102. The van der Waals surface area contributed by atoms with Crippen LogP contribution >= 0.6 is 11.3 Å².